The van der Waals surface area contributed by atoms with E-state index in [1.807, 2.05) is 24.3 Å². The third-order valence-electron chi connectivity index (χ3n) is 1.71. The second-order valence-corrected chi connectivity index (χ2v) is 4.64. The van der Waals surface area contributed by atoms with E-state index in [1.54, 1.807) is 0 Å². The summed E-state index contributed by atoms with van der Waals surface area (Å²) in [4.78, 5) is 4.25. The van der Waals surface area contributed by atoms with E-state index in [0.717, 1.165) is 19.8 Å². The van der Waals surface area contributed by atoms with Crippen molar-refractivity contribution in [1.29, 1.82) is 0 Å². The number of aromatic nitrogens is 1. The van der Waals surface area contributed by atoms with Crippen molar-refractivity contribution in [3.05, 3.63) is 38.4 Å². The minimum atomic E-state index is 0.486. The van der Waals surface area contributed by atoms with Gasteiger partial charge >= 0.3 is 0 Å². The van der Waals surface area contributed by atoms with Gasteiger partial charge in [-0.15, -0.1) is 0 Å². The number of rotatable bonds is 0. The number of fused-ring (bicyclic) bond motifs is 1. The SMILES string of the molecule is Clc1nc2c(Br)cccc2cc1Br. The van der Waals surface area contributed by atoms with Crippen LogP contribution in [0.4, 0.5) is 0 Å². The monoisotopic (exact) mass is 319 g/mol. The third kappa shape index (κ3) is 1.73. The molecule has 1 aromatic carbocycles. The van der Waals surface area contributed by atoms with Crippen LogP contribution in [0.25, 0.3) is 10.9 Å². The summed E-state index contributed by atoms with van der Waals surface area (Å²) in [5, 5.41) is 1.55. The molecule has 0 aliphatic rings. The zero-order valence-electron chi connectivity index (χ0n) is 6.39. The fourth-order valence-corrected chi connectivity index (χ4v) is 2.06. The molecule has 0 atom stereocenters. The Morgan fingerprint density at radius 1 is 1.15 bits per heavy atom. The van der Waals surface area contributed by atoms with Crippen LogP contribution in [0, 0.1) is 0 Å². The van der Waals surface area contributed by atoms with Gasteiger partial charge in [0.2, 0.25) is 0 Å². The lowest BCUT2D eigenvalue weighted by atomic mass is 10.2. The normalized spacial score (nSPS) is 10.7. The molecule has 1 nitrogen and oxygen atoms in total. The maximum absolute atomic E-state index is 5.88. The minimum Gasteiger partial charge on any atom is -0.234 e. The first-order chi connectivity index (χ1) is 6.18. The molecule has 0 radical (unpaired) electrons. The average molecular weight is 321 g/mol. The number of halogens is 3. The van der Waals surface area contributed by atoms with Crippen molar-refractivity contribution in [3.8, 4) is 0 Å². The molecule has 1 aromatic heterocycles. The van der Waals surface area contributed by atoms with Crippen LogP contribution in [0.3, 0.4) is 0 Å². The summed E-state index contributed by atoms with van der Waals surface area (Å²) in [6.07, 6.45) is 0. The number of pyridine rings is 1. The second kappa shape index (κ2) is 3.56. The van der Waals surface area contributed by atoms with Gasteiger partial charge in [0.05, 0.1) is 9.99 Å². The molecule has 0 aliphatic carbocycles. The fourth-order valence-electron chi connectivity index (χ4n) is 1.11. The van der Waals surface area contributed by atoms with Gasteiger partial charge in [-0.05, 0) is 44.0 Å². The third-order valence-corrected chi connectivity index (χ3v) is 3.47. The molecule has 2 rings (SSSR count). The van der Waals surface area contributed by atoms with Crippen molar-refractivity contribution in [2.75, 3.05) is 0 Å². The van der Waals surface area contributed by atoms with Gasteiger partial charge in [-0.3, -0.25) is 0 Å². The maximum atomic E-state index is 5.88. The van der Waals surface area contributed by atoms with E-state index >= 15 is 0 Å². The Hall–Kier alpha value is -0.120. The van der Waals surface area contributed by atoms with Gasteiger partial charge in [-0.2, -0.15) is 0 Å². The quantitative estimate of drug-likeness (QED) is 0.655. The number of hydrogen-bond acceptors (Lipinski definition) is 1. The zero-order valence-corrected chi connectivity index (χ0v) is 10.3. The predicted molar refractivity (Wildman–Crippen MR) is 62.2 cm³/mol. The summed E-state index contributed by atoms with van der Waals surface area (Å²) < 4.78 is 1.78. The molecule has 0 bridgehead atoms. The van der Waals surface area contributed by atoms with Crippen LogP contribution in [-0.4, -0.2) is 4.98 Å². The highest BCUT2D eigenvalue weighted by molar-refractivity contribution is 9.11. The largest absolute Gasteiger partial charge is 0.234 e. The van der Waals surface area contributed by atoms with E-state index in [2.05, 4.69) is 36.8 Å². The molecule has 0 unspecified atom stereocenters. The number of nitrogens with zero attached hydrogens (tertiary/aromatic N) is 1. The minimum absolute atomic E-state index is 0.486. The van der Waals surface area contributed by atoms with Gasteiger partial charge in [0, 0.05) is 9.86 Å². The van der Waals surface area contributed by atoms with Crippen molar-refractivity contribution < 1.29 is 0 Å². The molecule has 0 amide bonds. The van der Waals surface area contributed by atoms with Crippen LogP contribution >= 0.6 is 43.5 Å². The Labute approximate surface area is 97.4 Å². The molecule has 0 N–H and O–H groups in total. The highest BCUT2D eigenvalue weighted by atomic mass is 79.9. The standard InChI is InChI=1S/C9H4Br2ClN/c10-6-3-1-2-5-4-7(11)9(12)13-8(5)6/h1-4H. The number of para-hydroxylation sites is 1. The molecular formula is C9H4Br2ClN. The van der Waals surface area contributed by atoms with E-state index in [0.29, 0.717) is 5.15 Å². The van der Waals surface area contributed by atoms with Crippen LogP contribution in [-0.2, 0) is 0 Å². The van der Waals surface area contributed by atoms with Gasteiger partial charge < -0.3 is 0 Å². The number of hydrogen-bond donors (Lipinski definition) is 0. The predicted octanol–water partition coefficient (Wildman–Crippen LogP) is 4.41. The van der Waals surface area contributed by atoms with E-state index in [1.165, 1.54) is 0 Å². The van der Waals surface area contributed by atoms with E-state index in [9.17, 15) is 0 Å². The summed E-state index contributed by atoms with van der Waals surface area (Å²) in [5.74, 6) is 0. The maximum Gasteiger partial charge on any atom is 0.143 e. The molecule has 0 saturated heterocycles. The Bertz CT molecular complexity index is 470. The Balaban J connectivity index is 2.89. The summed E-state index contributed by atoms with van der Waals surface area (Å²) in [6.45, 7) is 0. The Morgan fingerprint density at radius 3 is 2.69 bits per heavy atom. The van der Waals surface area contributed by atoms with Crippen molar-refractivity contribution >= 4 is 54.4 Å². The molecule has 66 valence electrons. The van der Waals surface area contributed by atoms with E-state index in [4.69, 9.17) is 11.6 Å². The summed E-state index contributed by atoms with van der Waals surface area (Å²) >= 11 is 12.6. The highest BCUT2D eigenvalue weighted by Crippen LogP contribution is 2.28. The van der Waals surface area contributed by atoms with Gasteiger partial charge in [0.1, 0.15) is 5.15 Å². The van der Waals surface area contributed by atoms with Crippen molar-refractivity contribution in [2.45, 2.75) is 0 Å². The molecule has 13 heavy (non-hydrogen) atoms. The van der Waals surface area contributed by atoms with Gasteiger partial charge in [-0.1, -0.05) is 23.7 Å². The van der Waals surface area contributed by atoms with Gasteiger partial charge in [0.25, 0.3) is 0 Å². The summed E-state index contributed by atoms with van der Waals surface area (Å²) in [5.41, 5.74) is 0.885. The van der Waals surface area contributed by atoms with Crippen molar-refractivity contribution in [1.82, 2.24) is 4.98 Å². The first-order valence-corrected chi connectivity index (χ1v) is 5.55. The van der Waals surface area contributed by atoms with E-state index < -0.39 is 0 Å². The molecule has 0 fully saturated rings. The first-order valence-electron chi connectivity index (χ1n) is 3.59. The average Bonchev–Trinajstić information content (AvgIpc) is 2.09. The van der Waals surface area contributed by atoms with Crippen LogP contribution in [0.2, 0.25) is 5.15 Å². The van der Waals surface area contributed by atoms with Crippen molar-refractivity contribution in [3.63, 3.8) is 0 Å². The Morgan fingerprint density at radius 2 is 1.92 bits per heavy atom. The lowest BCUT2D eigenvalue weighted by Crippen LogP contribution is -1.82. The molecule has 0 spiro atoms. The van der Waals surface area contributed by atoms with Crippen molar-refractivity contribution in [2.24, 2.45) is 0 Å². The van der Waals surface area contributed by atoms with Crippen LogP contribution in [0.5, 0.6) is 0 Å². The Kier molecular flexibility index (Phi) is 2.58. The topological polar surface area (TPSA) is 12.9 Å². The molecule has 0 saturated carbocycles. The number of benzene rings is 1. The lowest BCUT2D eigenvalue weighted by molar-refractivity contribution is 1.38. The molecule has 2 aromatic rings. The zero-order chi connectivity index (χ0) is 9.42. The fraction of sp³-hybridized carbons (Fsp3) is 0. The molecular weight excluding hydrogens is 317 g/mol. The molecule has 1 heterocycles. The smallest absolute Gasteiger partial charge is 0.143 e. The van der Waals surface area contributed by atoms with Crippen LogP contribution < -0.4 is 0 Å². The lowest BCUT2D eigenvalue weighted by Gasteiger charge is -2.01. The highest BCUT2D eigenvalue weighted by Gasteiger charge is 2.03. The van der Waals surface area contributed by atoms with Crippen LogP contribution in [0.1, 0.15) is 0 Å². The molecule has 4 heteroatoms. The van der Waals surface area contributed by atoms with Gasteiger partial charge in [-0.25, -0.2) is 4.98 Å². The second-order valence-electron chi connectivity index (χ2n) is 2.57. The molecule has 0 aliphatic heterocycles. The van der Waals surface area contributed by atoms with E-state index in [-0.39, 0.29) is 0 Å². The summed E-state index contributed by atoms with van der Waals surface area (Å²) in [7, 11) is 0. The first kappa shape index (κ1) is 9.44. The van der Waals surface area contributed by atoms with Crippen LogP contribution in [0.15, 0.2) is 33.2 Å². The van der Waals surface area contributed by atoms with Gasteiger partial charge in [0.15, 0.2) is 0 Å². The summed E-state index contributed by atoms with van der Waals surface area (Å²) in [6, 6.07) is 7.86.